The predicted octanol–water partition coefficient (Wildman–Crippen LogP) is 4.02. The molecule has 1 atom stereocenters. The fraction of sp³-hybridized carbons (Fsp3) is 0.462. The van der Waals surface area contributed by atoms with Crippen LogP contribution < -0.4 is 5.32 Å². The van der Waals surface area contributed by atoms with Crippen molar-refractivity contribution in [2.45, 2.75) is 52.1 Å². The van der Waals surface area contributed by atoms with Crippen molar-refractivity contribution in [2.24, 2.45) is 5.92 Å². The number of nitrogens with zero attached hydrogens (tertiary/aromatic N) is 6. The van der Waals surface area contributed by atoms with E-state index in [1.165, 1.54) is 5.69 Å². The molecule has 0 aromatic carbocycles. The Hall–Kier alpha value is -3.62. The van der Waals surface area contributed by atoms with Crippen molar-refractivity contribution in [2.75, 3.05) is 19.6 Å². The number of fused-ring (bicyclic) bond motifs is 3. The number of carbonyl (C=O) groups is 1. The molecular formula is C26H32N8O. The minimum Gasteiger partial charge on any atom is -0.345 e. The van der Waals surface area contributed by atoms with Gasteiger partial charge in [0, 0.05) is 78.9 Å². The van der Waals surface area contributed by atoms with E-state index in [1.807, 2.05) is 30.4 Å². The number of hydrogen-bond acceptors (Lipinski definition) is 4. The Kier molecular flexibility index (Phi) is 5.16. The monoisotopic (exact) mass is 472 g/mol. The van der Waals surface area contributed by atoms with Crippen molar-refractivity contribution in [3.63, 3.8) is 0 Å². The number of pyridine rings is 1. The standard InChI is InChI=1S/C26H32N8O/c1-4-27-25(35)32-9-6-26(16-32)7-10-33-23(26)12-21(31-33)18-11-19-20(14-29-24(19)28-13-18)22-5-8-30-34(22)15-17(2)3/h5,8,11-14,17H,4,6-7,9-10,15-16H2,1-3H3,(H,27,35)(H,28,29). The van der Waals surface area contributed by atoms with Gasteiger partial charge >= 0.3 is 6.03 Å². The zero-order valence-electron chi connectivity index (χ0n) is 20.6. The second-order valence-corrected chi connectivity index (χ2v) is 10.3. The maximum Gasteiger partial charge on any atom is 0.317 e. The van der Waals surface area contributed by atoms with Gasteiger partial charge < -0.3 is 15.2 Å². The van der Waals surface area contributed by atoms with Crippen LogP contribution in [0.5, 0.6) is 0 Å². The molecule has 2 aliphatic heterocycles. The summed E-state index contributed by atoms with van der Waals surface area (Å²) in [7, 11) is 0. The third kappa shape index (κ3) is 3.61. The molecule has 1 fully saturated rings. The summed E-state index contributed by atoms with van der Waals surface area (Å²) in [6, 6.07) is 6.50. The molecule has 4 aromatic heterocycles. The van der Waals surface area contributed by atoms with E-state index in [-0.39, 0.29) is 11.4 Å². The van der Waals surface area contributed by atoms with Crippen molar-refractivity contribution in [3.8, 4) is 22.5 Å². The molecule has 6 rings (SSSR count). The minimum atomic E-state index is -0.00352. The first kappa shape index (κ1) is 21.9. The van der Waals surface area contributed by atoms with Gasteiger partial charge in [0.25, 0.3) is 0 Å². The second kappa shape index (κ2) is 8.25. The number of likely N-dealkylation sites (tertiary alicyclic amines) is 1. The van der Waals surface area contributed by atoms with Crippen LogP contribution in [0.2, 0.25) is 0 Å². The zero-order valence-corrected chi connectivity index (χ0v) is 20.6. The number of aryl methyl sites for hydroxylation is 1. The molecule has 9 heteroatoms. The summed E-state index contributed by atoms with van der Waals surface area (Å²) < 4.78 is 4.20. The number of amides is 2. The number of nitrogens with one attached hydrogen (secondary N) is 2. The van der Waals surface area contributed by atoms with Crippen LogP contribution in [0, 0.1) is 5.92 Å². The van der Waals surface area contributed by atoms with Gasteiger partial charge in [0.2, 0.25) is 0 Å². The third-order valence-electron chi connectivity index (χ3n) is 7.45. The Morgan fingerprint density at radius 3 is 2.94 bits per heavy atom. The molecular weight excluding hydrogens is 440 g/mol. The topological polar surface area (TPSA) is 96.7 Å². The second-order valence-electron chi connectivity index (χ2n) is 10.3. The van der Waals surface area contributed by atoms with Crippen LogP contribution in [-0.4, -0.2) is 60.1 Å². The fourth-order valence-electron chi connectivity index (χ4n) is 5.73. The van der Waals surface area contributed by atoms with E-state index >= 15 is 0 Å². The molecule has 1 unspecified atom stereocenters. The van der Waals surface area contributed by atoms with Crippen molar-refractivity contribution in [1.82, 2.24) is 39.7 Å². The number of aromatic amines is 1. The van der Waals surface area contributed by atoms with Crippen LogP contribution in [0.15, 0.2) is 36.8 Å². The van der Waals surface area contributed by atoms with Gasteiger partial charge in [-0.1, -0.05) is 13.8 Å². The van der Waals surface area contributed by atoms with E-state index < -0.39 is 0 Å². The molecule has 2 amide bonds. The van der Waals surface area contributed by atoms with Crippen LogP contribution in [0.3, 0.4) is 0 Å². The average molecular weight is 473 g/mol. The highest BCUT2D eigenvalue weighted by atomic mass is 16.2. The molecule has 35 heavy (non-hydrogen) atoms. The number of carbonyl (C=O) groups excluding carboxylic acids is 1. The summed E-state index contributed by atoms with van der Waals surface area (Å²) in [5.41, 5.74) is 6.23. The van der Waals surface area contributed by atoms with Crippen LogP contribution in [-0.2, 0) is 18.5 Å². The Bertz CT molecular complexity index is 1400. The highest BCUT2D eigenvalue weighted by molar-refractivity contribution is 5.94. The lowest BCUT2D eigenvalue weighted by atomic mass is 9.82. The minimum absolute atomic E-state index is 0.00352. The maximum absolute atomic E-state index is 12.4. The van der Waals surface area contributed by atoms with Gasteiger partial charge in [-0.25, -0.2) is 9.78 Å². The van der Waals surface area contributed by atoms with Gasteiger partial charge in [-0.15, -0.1) is 0 Å². The summed E-state index contributed by atoms with van der Waals surface area (Å²) >= 11 is 0. The first-order chi connectivity index (χ1) is 17.0. The molecule has 9 nitrogen and oxygen atoms in total. The van der Waals surface area contributed by atoms with Crippen LogP contribution in [0.25, 0.3) is 33.5 Å². The van der Waals surface area contributed by atoms with Crippen molar-refractivity contribution in [1.29, 1.82) is 0 Å². The molecule has 2 aliphatic rings. The number of rotatable bonds is 5. The van der Waals surface area contributed by atoms with Gasteiger partial charge in [0.15, 0.2) is 0 Å². The van der Waals surface area contributed by atoms with Crippen molar-refractivity contribution >= 4 is 17.1 Å². The van der Waals surface area contributed by atoms with Gasteiger partial charge in [-0.2, -0.15) is 10.2 Å². The first-order valence-electron chi connectivity index (χ1n) is 12.6. The molecule has 1 saturated heterocycles. The van der Waals surface area contributed by atoms with E-state index in [0.717, 1.165) is 72.6 Å². The highest BCUT2D eigenvalue weighted by Gasteiger charge is 2.46. The highest BCUT2D eigenvalue weighted by Crippen LogP contribution is 2.44. The molecule has 2 N–H and O–H groups in total. The van der Waals surface area contributed by atoms with E-state index in [1.54, 1.807) is 0 Å². The van der Waals surface area contributed by atoms with Gasteiger partial charge in [-0.3, -0.25) is 9.36 Å². The molecule has 6 heterocycles. The van der Waals surface area contributed by atoms with Crippen molar-refractivity contribution in [3.05, 3.63) is 42.5 Å². The summed E-state index contributed by atoms with van der Waals surface area (Å²) in [5.74, 6) is 0.507. The van der Waals surface area contributed by atoms with E-state index in [4.69, 9.17) is 10.1 Å². The lowest BCUT2D eigenvalue weighted by molar-refractivity contribution is 0.206. The summed E-state index contributed by atoms with van der Waals surface area (Å²) in [4.78, 5) is 22.4. The number of H-pyrrole nitrogens is 1. The smallest absolute Gasteiger partial charge is 0.317 e. The molecule has 182 valence electrons. The molecule has 0 aliphatic carbocycles. The quantitative estimate of drug-likeness (QED) is 0.458. The summed E-state index contributed by atoms with van der Waals surface area (Å²) in [5, 5.41) is 13.5. The van der Waals surface area contributed by atoms with Crippen molar-refractivity contribution < 1.29 is 4.79 Å². The van der Waals surface area contributed by atoms with E-state index in [9.17, 15) is 4.79 Å². The summed E-state index contributed by atoms with van der Waals surface area (Å²) in [6.45, 7) is 10.3. The third-order valence-corrected chi connectivity index (χ3v) is 7.45. The van der Waals surface area contributed by atoms with E-state index in [2.05, 4.69) is 56.8 Å². The van der Waals surface area contributed by atoms with E-state index in [0.29, 0.717) is 12.5 Å². The Labute approximate surface area is 204 Å². The number of aromatic nitrogens is 6. The lowest BCUT2D eigenvalue weighted by Crippen LogP contribution is -2.40. The predicted molar refractivity (Wildman–Crippen MR) is 135 cm³/mol. The van der Waals surface area contributed by atoms with Gasteiger partial charge in [0.05, 0.1) is 11.4 Å². The summed E-state index contributed by atoms with van der Waals surface area (Å²) in [6.07, 6.45) is 7.79. The molecule has 0 bridgehead atoms. The molecule has 0 saturated carbocycles. The van der Waals surface area contributed by atoms with Gasteiger partial charge in [0.1, 0.15) is 5.65 Å². The van der Waals surface area contributed by atoms with Crippen LogP contribution in [0.4, 0.5) is 4.79 Å². The normalized spacial score (nSPS) is 19.4. The lowest BCUT2D eigenvalue weighted by Gasteiger charge is -2.23. The number of urea groups is 1. The van der Waals surface area contributed by atoms with Crippen LogP contribution >= 0.6 is 0 Å². The molecule has 4 aromatic rings. The largest absolute Gasteiger partial charge is 0.345 e. The van der Waals surface area contributed by atoms with Crippen LogP contribution in [0.1, 0.15) is 39.3 Å². The Morgan fingerprint density at radius 2 is 2.11 bits per heavy atom. The maximum atomic E-state index is 12.4. The number of hydrogen-bond donors (Lipinski definition) is 2. The Balaban J connectivity index is 1.33. The Morgan fingerprint density at radius 1 is 1.26 bits per heavy atom. The fourth-order valence-corrected chi connectivity index (χ4v) is 5.73. The molecule has 1 spiro atoms. The zero-order chi connectivity index (χ0) is 24.2. The first-order valence-corrected chi connectivity index (χ1v) is 12.6. The average Bonchev–Trinajstić information content (AvgIpc) is 3.64. The molecule has 0 radical (unpaired) electrons. The van der Waals surface area contributed by atoms with Gasteiger partial charge in [-0.05, 0) is 43.9 Å². The SMILES string of the molecule is CCNC(=O)N1CCC2(CCn3nc(-c4cnc5[nH]cc(-c6ccnn6CC(C)C)c5c4)cc32)C1.